The molecule has 1 saturated heterocycles. The van der Waals surface area contributed by atoms with E-state index in [2.05, 4.69) is 15.3 Å². The van der Waals surface area contributed by atoms with Crippen LogP contribution in [0.2, 0.25) is 0 Å². The molecule has 3 heterocycles. The summed E-state index contributed by atoms with van der Waals surface area (Å²) >= 11 is 0. The molecule has 28 heavy (non-hydrogen) atoms. The molecule has 4 rings (SSSR count). The molecule has 0 aliphatic carbocycles. The molecule has 1 aliphatic heterocycles. The van der Waals surface area contributed by atoms with E-state index in [9.17, 15) is 9.90 Å². The van der Waals surface area contributed by atoms with Crippen LogP contribution in [0.1, 0.15) is 42.7 Å². The van der Waals surface area contributed by atoms with Gasteiger partial charge in [0.2, 0.25) is 0 Å². The first-order valence-corrected chi connectivity index (χ1v) is 9.67. The lowest BCUT2D eigenvalue weighted by Crippen LogP contribution is -2.41. The summed E-state index contributed by atoms with van der Waals surface area (Å²) in [7, 11) is 0. The second-order valence-corrected chi connectivity index (χ2v) is 8.06. The number of carbonyl (C=O) groups excluding carboxylic acids is 1. The molecule has 1 aromatic carbocycles. The summed E-state index contributed by atoms with van der Waals surface area (Å²) in [5, 5.41) is 19.2. The monoisotopic (exact) mass is 379 g/mol. The third kappa shape index (κ3) is 3.89. The quantitative estimate of drug-likeness (QED) is 0.753. The van der Waals surface area contributed by atoms with Crippen molar-refractivity contribution in [2.24, 2.45) is 5.92 Å². The second-order valence-electron chi connectivity index (χ2n) is 8.06. The minimum atomic E-state index is -1.00. The maximum Gasteiger partial charge on any atom is 0.255 e. The lowest BCUT2D eigenvalue weighted by atomic mass is 9.97. The molecule has 0 spiro atoms. The smallest absolute Gasteiger partial charge is 0.255 e. The van der Waals surface area contributed by atoms with Crippen molar-refractivity contribution in [3.8, 4) is 0 Å². The van der Waals surface area contributed by atoms with Gasteiger partial charge in [0.05, 0.1) is 17.3 Å². The molecule has 0 bridgehead atoms. The SMILES string of the molecule is CC(C)(O)c1cn(CC2CCCN(C(=O)c3cnc4ccccc4c3)C2)nn1. The molecule has 1 N–H and O–H groups in total. The van der Waals surface area contributed by atoms with Crippen LogP contribution in [0.5, 0.6) is 0 Å². The lowest BCUT2D eigenvalue weighted by molar-refractivity contribution is 0.0659. The van der Waals surface area contributed by atoms with Crippen molar-refractivity contribution < 1.29 is 9.90 Å². The molecule has 7 nitrogen and oxygen atoms in total. The fourth-order valence-corrected chi connectivity index (χ4v) is 3.70. The number of hydrogen-bond donors (Lipinski definition) is 1. The van der Waals surface area contributed by atoms with E-state index in [1.165, 1.54) is 0 Å². The Morgan fingerprint density at radius 3 is 2.93 bits per heavy atom. The first-order chi connectivity index (χ1) is 13.4. The number of amides is 1. The van der Waals surface area contributed by atoms with E-state index in [4.69, 9.17) is 0 Å². The molecule has 1 fully saturated rings. The van der Waals surface area contributed by atoms with E-state index in [1.807, 2.05) is 35.2 Å². The Balaban J connectivity index is 1.45. The third-order valence-corrected chi connectivity index (χ3v) is 5.25. The molecular weight excluding hydrogens is 354 g/mol. The zero-order valence-corrected chi connectivity index (χ0v) is 16.2. The van der Waals surface area contributed by atoms with Crippen molar-refractivity contribution in [2.45, 2.75) is 38.8 Å². The van der Waals surface area contributed by atoms with Crippen LogP contribution >= 0.6 is 0 Å². The average Bonchev–Trinajstić information content (AvgIpc) is 3.16. The van der Waals surface area contributed by atoms with Gasteiger partial charge in [-0.05, 0) is 44.7 Å². The number of carbonyl (C=O) groups is 1. The van der Waals surface area contributed by atoms with E-state index < -0.39 is 5.60 Å². The average molecular weight is 379 g/mol. The molecule has 1 atom stereocenters. The lowest BCUT2D eigenvalue weighted by Gasteiger charge is -2.32. The topological polar surface area (TPSA) is 84.1 Å². The van der Waals surface area contributed by atoms with Crippen molar-refractivity contribution >= 4 is 16.8 Å². The normalized spacial score (nSPS) is 17.8. The van der Waals surface area contributed by atoms with Crippen LogP contribution in [-0.4, -0.2) is 49.0 Å². The number of likely N-dealkylation sites (tertiary alicyclic amines) is 1. The molecule has 1 amide bonds. The minimum Gasteiger partial charge on any atom is -0.384 e. The Hall–Kier alpha value is -2.80. The Morgan fingerprint density at radius 2 is 2.14 bits per heavy atom. The van der Waals surface area contributed by atoms with Crippen LogP contribution in [0.4, 0.5) is 0 Å². The molecule has 2 aromatic heterocycles. The number of rotatable bonds is 4. The number of para-hydroxylation sites is 1. The summed E-state index contributed by atoms with van der Waals surface area (Å²) in [5.41, 5.74) is 1.07. The highest BCUT2D eigenvalue weighted by atomic mass is 16.3. The third-order valence-electron chi connectivity index (χ3n) is 5.25. The maximum absolute atomic E-state index is 13.0. The van der Waals surface area contributed by atoms with Crippen molar-refractivity contribution in [1.29, 1.82) is 0 Å². The van der Waals surface area contributed by atoms with Crippen LogP contribution in [0.3, 0.4) is 0 Å². The van der Waals surface area contributed by atoms with Gasteiger partial charge in [-0.3, -0.25) is 14.5 Å². The molecule has 1 unspecified atom stereocenters. The van der Waals surface area contributed by atoms with E-state index in [0.29, 0.717) is 30.3 Å². The van der Waals surface area contributed by atoms with Crippen LogP contribution in [0.25, 0.3) is 10.9 Å². The number of piperidine rings is 1. The van der Waals surface area contributed by atoms with E-state index in [-0.39, 0.29) is 5.91 Å². The predicted octanol–water partition coefficient (Wildman–Crippen LogP) is 2.61. The number of nitrogens with zero attached hydrogens (tertiary/aromatic N) is 5. The van der Waals surface area contributed by atoms with Gasteiger partial charge < -0.3 is 10.0 Å². The Kier molecular flexibility index (Phi) is 4.85. The van der Waals surface area contributed by atoms with Crippen molar-refractivity contribution in [3.05, 3.63) is 54.0 Å². The maximum atomic E-state index is 13.0. The molecule has 0 saturated carbocycles. The van der Waals surface area contributed by atoms with Gasteiger partial charge >= 0.3 is 0 Å². The van der Waals surface area contributed by atoms with Crippen molar-refractivity contribution in [3.63, 3.8) is 0 Å². The molecule has 1 aliphatic rings. The second kappa shape index (κ2) is 7.31. The first kappa shape index (κ1) is 18.6. The molecule has 146 valence electrons. The number of hydrogen-bond acceptors (Lipinski definition) is 5. The van der Waals surface area contributed by atoms with Gasteiger partial charge in [-0.15, -0.1) is 5.10 Å². The van der Waals surface area contributed by atoms with Crippen molar-refractivity contribution in [2.75, 3.05) is 13.1 Å². The van der Waals surface area contributed by atoms with E-state index >= 15 is 0 Å². The first-order valence-electron chi connectivity index (χ1n) is 9.67. The summed E-state index contributed by atoms with van der Waals surface area (Å²) in [6.45, 7) is 5.51. The van der Waals surface area contributed by atoms with Crippen LogP contribution < -0.4 is 0 Å². The molecule has 7 heteroatoms. The molecular formula is C21H25N5O2. The van der Waals surface area contributed by atoms with Gasteiger partial charge in [-0.25, -0.2) is 0 Å². The van der Waals surface area contributed by atoms with Crippen molar-refractivity contribution in [1.82, 2.24) is 24.9 Å². The van der Waals surface area contributed by atoms with Gasteiger partial charge in [0.15, 0.2) is 0 Å². The highest BCUT2D eigenvalue weighted by Crippen LogP contribution is 2.22. The number of pyridine rings is 1. The highest BCUT2D eigenvalue weighted by molar-refractivity contribution is 5.97. The van der Waals surface area contributed by atoms with E-state index in [1.54, 1.807) is 30.9 Å². The highest BCUT2D eigenvalue weighted by Gasteiger charge is 2.26. The van der Waals surface area contributed by atoms with Crippen LogP contribution in [0.15, 0.2) is 42.7 Å². The van der Waals surface area contributed by atoms with Crippen LogP contribution in [0, 0.1) is 5.92 Å². The van der Waals surface area contributed by atoms with Gasteiger partial charge in [0.1, 0.15) is 11.3 Å². The number of fused-ring (bicyclic) bond motifs is 1. The summed E-state index contributed by atoms with van der Waals surface area (Å²) in [6, 6.07) is 9.74. The minimum absolute atomic E-state index is 0.0266. The van der Waals surface area contributed by atoms with E-state index in [0.717, 1.165) is 30.3 Å². The Bertz CT molecular complexity index is 992. The van der Waals surface area contributed by atoms with Gasteiger partial charge in [-0.2, -0.15) is 0 Å². The molecule has 0 radical (unpaired) electrons. The molecule has 3 aromatic rings. The van der Waals surface area contributed by atoms with Crippen LogP contribution in [-0.2, 0) is 12.1 Å². The number of aromatic nitrogens is 4. The zero-order chi connectivity index (χ0) is 19.7. The Morgan fingerprint density at radius 1 is 1.32 bits per heavy atom. The van der Waals surface area contributed by atoms with Gasteiger partial charge in [0, 0.05) is 31.2 Å². The van der Waals surface area contributed by atoms with Gasteiger partial charge in [-0.1, -0.05) is 23.4 Å². The number of aliphatic hydroxyl groups is 1. The summed E-state index contributed by atoms with van der Waals surface area (Å²) < 4.78 is 1.77. The van der Waals surface area contributed by atoms with Gasteiger partial charge in [0.25, 0.3) is 5.91 Å². The largest absolute Gasteiger partial charge is 0.384 e. The summed E-state index contributed by atoms with van der Waals surface area (Å²) in [6.07, 6.45) is 5.46. The zero-order valence-electron chi connectivity index (χ0n) is 16.2. The number of benzene rings is 1. The Labute approximate surface area is 164 Å². The fraction of sp³-hybridized carbons (Fsp3) is 0.429. The summed E-state index contributed by atoms with van der Waals surface area (Å²) in [5.74, 6) is 0.334. The summed E-state index contributed by atoms with van der Waals surface area (Å²) in [4.78, 5) is 19.3. The fourth-order valence-electron chi connectivity index (χ4n) is 3.70. The standard InChI is InChI=1S/C21H25N5O2/c1-21(2,28)19-14-26(24-23-19)13-15-6-5-9-25(12-15)20(27)17-10-16-7-3-4-8-18(16)22-11-17/h3-4,7-8,10-11,14-15,28H,5-6,9,12-13H2,1-2H3. The predicted molar refractivity (Wildman–Crippen MR) is 106 cm³/mol.